The minimum atomic E-state index is -0.0204. The van der Waals surface area contributed by atoms with Crippen LogP contribution in [0.1, 0.15) is 23.5 Å². The van der Waals surface area contributed by atoms with Gasteiger partial charge in [-0.25, -0.2) is 0 Å². The second-order valence-corrected chi connectivity index (χ2v) is 6.84. The summed E-state index contributed by atoms with van der Waals surface area (Å²) in [6.45, 7) is 1.33. The number of nitrogens with zero attached hydrogens (tertiary/aromatic N) is 3. The maximum absolute atomic E-state index is 5.66. The fourth-order valence-electron chi connectivity index (χ4n) is 3.62. The van der Waals surface area contributed by atoms with E-state index in [0.29, 0.717) is 6.61 Å². The quantitative estimate of drug-likeness (QED) is 0.665. The van der Waals surface area contributed by atoms with E-state index in [1.165, 1.54) is 5.69 Å². The van der Waals surface area contributed by atoms with Crippen molar-refractivity contribution in [1.29, 1.82) is 0 Å². The average molecular weight is 379 g/mol. The molecule has 0 amide bonds. The summed E-state index contributed by atoms with van der Waals surface area (Å²) in [5, 5.41) is 4.20. The minimum absolute atomic E-state index is 0.0204. The zero-order valence-electron chi connectivity index (χ0n) is 15.2. The zero-order valence-corrected chi connectivity index (χ0v) is 16.0. The van der Waals surface area contributed by atoms with Gasteiger partial charge in [-0.05, 0) is 48.6 Å². The highest BCUT2D eigenvalue weighted by Gasteiger charge is 2.40. The Bertz CT molecular complexity index is 897. The van der Waals surface area contributed by atoms with Crippen molar-refractivity contribution in [2.24, 2.45) is 0 Å². The second-order valence-electron chi connectivity index (χ2n) is 6.45. The van der Waals surface area contributed by atoms with Crippen LogP contribution in [0.2, 0.25) is 0 Å². The van der Waals surface area contributed by atoms with Crippen molar-refractivity contribution in [2.45, 2.75) is 12.1 Å². The van der Waals surface area contributed by atoms with E-state index in [1.54, 1.807) is 7.11 Å². The number of hydrogen-bond donors (Lipinski definition) is 1. The van der Waals surface area contributed by atoms with Crippen LogP contribution in [-0.4, -0.2) is 39.8 Å². The fourth-order valence-corrected chi connectivity index (χ4v) is 3.95. The Balaban J connectivity index is 1.78. The topological polar surface area (TPSA) is 42.3 Å². The number of pyridine rings is 1. The molecule has 0 aliphatic carbocycles. The van der Waals surface area contributed by atoms with Crippen molar-refractivity contribution in [3.05, 3.63) is 84.4 Å². The number of nitrogens with one attached hydrogen (secondary N) is 1. The molecule has 6 heteroatoms. The van der Waals surface area contributed by atoms with Crippen LogP contribution < -0.4 is 5.32 Å². The molecule has 1 fully saturated rings. The molecule has 0 unspecified atom stereocenters. The second kappa shape index (κ2) is 7.90. The van der Waals surface area contributed by atoms with E-state index in [1.807, 2.05) is 30.5 Å². The number of para-hydroxylation sites is 1. The molecule has 2 aromatic heterocycles. The summed E-state index contributed by atoms with van der Waals surface area (Å²) in [7, 11) is 1.71. The first-order valence-electron chi connectivity index (χ1n) is 8.99. The highest BCUT2D eigenvalue weighted by Crippen LogP contribution is 2.39. The molecule has 3 heterocycles. The van der Waals surface area contributed by atoms with Crippen LogP contribution in [0, 0.1) is 0 Å². The lowest BCUT2D eigenvalue weighted by Crippen LogP contribution is -2.33. The molecule has 0 spiro atoms. The maximum Gasteiger partial charge on any atom is 0.170 e. The third-order valence-corrected chi connectivity index (χ3v) is 5.20. The van der Waals surface area contributed by atoms with Crippen molar-refractivity contribution in [3.8, 4) is 5.69 Å². The third-order valence-electron chi connectivity index (χ3n) is 4.85. The molecule has 0 bridgehead atoms. The van der Waals surface area contributed by atoms with Gasteiger partial charge in [-0.2, -0.15) is 0 Å². The predicted molar refractivity (Wildman–Crippen MR) is 110 cm³/mol. The summed E-state index contributed by atoms with van der Waals surface area (Å²) in [5.74, 6) is 0. The van der Waals surface area contributed by atoms with Gasteiger partial charge in [-0.15, -0.1) is 0 Å². The third kappa shape index (κ3) is 3.46. The van der Waals surface area contributed by atoms with E-state index in [0.717, 1.165) is 23.0 Å². The lowest BCUT2D eigenvalue weighted by Gasteiger charge is -2.28. The summed E-state index contributed by atoms with van der Waals surface area (Å²) in [6, 6.07) is 20.6. The summed E-state index contributed by atoms with van der Waals surface area (Å²) in [5.41, 5.74) is 3.27. The largest absolute Gasteiger partial charge is 0.383 e. The highest BCUT2D eigenvalue weighted by molar-refractivity contribution is 7.80. The van der Waals surface area contributed by atoms with Gasteiger partial charge in [0.1, 0.15) is 0 Å². The van der Waals surface area contributed by atoms with E-state index in [4.69, 9.17) is 17.0 Å². The van der Waals surface area contributed by atoms with E-state index < -0.39 is 0 Å². The van der Waals surface area contributed by atoms with Gasteiger partial charge in [-0.1, -0.05) is 24.3 Å². The molecule has 1 aliphatic rings. The number of hydrogen-bond acceptors (Lipinski definition) is 3. The lowest BCUT2D eigenvalue weighted by atomic mass is 10.0. The van der Waals surface area contributed by atoms with Crippen LogP contribution in [0.15, 0.2) is 73.1 Å². The normalized spacial score (nSPS) is 19.3. The molecule has 1 aliphatic heterocycles. The Labute approximate surface area is 164 Å². The molecule has 1 aromatic carbocycles. The maximum atomic E-state index is 5.66. The van der Waals surface area contributed by atoms with Crippen LogP contribution in [-0.2, 0) is 4.74 Å². The van der Waals surface area contributed by atoms with Gasteiger partial charge in [0.05, 0.1) is 24.4 Å². The SMILES string of the molecule is COCCN1C(=S)N[C@@H](c2ccccn2)[C@@H]1c1cccn1-c1ccccc1. The fraction of sp³-hybridized carbons (Fsp3) is 0.238. The lowest BCUT2D eigenvalue weighted by molar-refractivity contribution is 0.163. The Morgan fingerprint density at radius 3 is 2.63 bits per heavy atom. The summed E-state index contributed by atoms with van der Waals surface area (Å²) in [6.07, 6.45) is 3.92. The molecule has 138 valence electrons. The van der Waals surface area contributed by atoms with Crippen molar-refractivity contribution in [1.82, 2.24) is 19.8 Å². The molecule has 1 N–H and O–H groups in total. The Kier molecular flexibility index (Phi) is 5.18. The average Bonchev–Trinajstić information content (AvgIpc) is 3.32. The molecule has 3 aromatic rings. The van der Waals surface area contributed by atoms with Gasteiger partial charge in [0.2, 0.25) is 0 Å². The van der Waals surface area contributed by atoms with Gasteiger partial charge >= 0.3 is 0 Å². The molecular formula is C21H22N4OS. The standard InChI is InChI=1S/C21H22N4OS/c1-26-15-14-25-20(19(23-21(25)27)17-10-5-6-12-22-17)18-11-7-13-24(18)16-8-3-2-4-9-16/h2-13,19-20H,14-15H2,1H3,(H,23,27)/t19-,20-/m0/s1. The number of thiocarbonyl (C=S) groups is 1. The molecule has 1 saturated heterocycles. The van der Waals surface area contributed by atoms with E-state index in [9.17, 15) is 0 Å². The Morgan fingerprint density at radius 1 is 1.07 bits per heavy atom. The summed E-state index contributed by atoms with van der Waals surface area (Å²) in [4.78, 5) is 6.78. The van der Waals surface area contributed by atoms with Gasteiger partial charge in [-0.3, -0.25) is 4.98 Å². The number of rotatable bonds is 6. The monoisotopic (exact) mass is 378 g/mol. The Hall–Kier alpha value is -2.70. The van der Waals surface area contributed by atoms with Crippen molar-refractivity contribution < 1.29 is 4.74 Å². The van der Waals surface area contributed by atoms with E-state index >= 15 is 0 Å². The smallest absolute Gasteiger partial charge is 0.170 e. The summed E-state index contributed by atoms with van der Waals surface area (Å²) < 4.78 is 7.54. The Morgan fingerprint density at radius 2 is 1.89 bits per heavy atom. The van der Waals surface area contributed by atoms with Crippen LogP contribution in [0.4, 0.5) is 0 Å². The molecule has 0 saturated carbocycles. The molecule has 5 nitrogen and oxygen atoms in total. The summed E-state index contributed by atoms with van der Waals surface area (Å²) >= 11 is 5.66. The van der Waals surface area contributed by atoms with Gasteiger partial charge in [0.25, 0.3) is 0 Å². The van der Waals surface area contributed by atoms with E-state index in [2.05, 4.69) is 62.4 Å². The molecule has 0 radical (unpaired) electrons. The van der Waals surface area contributed by atoms with Crippen LogP contribution >= 0.6 is 12.2 Å². The number of methoxy groups -OCH3 is 1. The van der Waals surface area contributed by atoms with Crippen LogP contribution in [0.3, 0.4) is 0 Å². The molecule has 4 rings (SSSR count). The van der Waals surface area contributed by atoms with Gasteiger partial charge in [0.15, 0.2) is 5.11 Å². The number of ether oxygens (including phenoxy) is 1. The van der Waals surface area contributed by atoms with Crippen molar-refractivity contribution in [2.75, 3.05) is 20.3 Å². The zero-order chi connectivity index (χ0) is 18.6. The number of aromatic nitrogens is 2. The molecular weight excluding hydrogens is 356 g/mol. The van der Waals surface area contributed by atoms with Crippen LogP contribution in [0.25, 0.3) is 5.69 Å². The predicted octanol–water partition coefficient (Wildman–Crippen LogP) is 3.49. The minimum Gasteiger partial charge on any atom is -0.383 e. The van der Waals surface area contributed by atoms with Crippen molar-refractivity contribution >= 4 is 17.3 Å². The van der Waals surface area contributed by atoms with Crippen LogP contribution in [0.5, 0.6) is 0 Å². The van der Waals surface area contributed by atoms with Gasteiger partial charge < -0.3 is 19.5 Å². The first-order chi connectivity index (χ1) is 13.3. The first-order valence-corrected chi connectivity index (χ1v) is 9.40. The molecule has 27 heavy (non-hydrogen) atoms. The number of benzene rings is 1. The van der Waals surface area contributed by atoms with Gasteiger partial charge in [0, 0.05) is 37.4 Å². The first kappa shape index (κ1) is 17.7. The highest BCUT2D eigenvalue weighted by atomic mass is 32.1. The van der Waals surface area contributed by atoms with Crippen molar-refractivity contribution in [3.63, 3.8) is 0 Å². The van der Waals surface area contributed by atoms with E-state index in [-0.39, 0.29) is 12.1 Å². The molecule has 2 atom stereocenters.